The lowest BCUT2D eigenvalue weighted by Crippen LogP contribution is -2.40. The van der Waals surface area contributed by atoms with Crippen LogP contribution in [0.4, 0.5) is 10.1 Å². The number of esters is 1. The number of amides is 2. The van der Waals surface area contributed by atoms with Crippen LogP contribution in [0.5, 0.6) is 0 Å². The Morgan fingerprint density at radius 3 is 2.64 bits per heavy atom. The summed E-state index contributed by atoms with van der Waals surface area (Å²) in [6, 6.07) is 5.46. The van der Waals surface area contributed by atoms with Crippen LogP contribution in [0.3, 0.4) is 0 Å². The summed E-state index contributed by atoms with van der Waals surface area (Å²) in [5, 5.41) is 10.2. The second kappa shape index (κ2) is 8.87. The van der Waals surface area contributed by atoms with Crippen molar-refractivity contribution in [1.29, 1.82) is 0 Å². The number of aromatic nitrogens is 2. The zero-order chi connectivity index (χ0) is 20.1. The first kappa shape index (κ1) is 19.9. The van der Waals surface area contributed by atoms with Gasteiger partial charge in [-0.3, -0.25) is 14.4 Å². The number of hydrogen-bond acceptors (Lipinski definition) is 7. The molecule has 1 N–H and O–H groups in total. The summed E-state index contributed by atoms with van der Waals surface area (Å²) in [5.74, 6) is -1.81. The zero-order valence-electron chi connectivity index (χ0n) is 15.2. The molecule has 148 valence electrons. The highest BCUT2D eigenvalue weighted by atomic mass is 32.1. The molecule has 8 nitrogen and oxygen atoms in total. The van der Waals surface area contributed by atoms with E-state index in [-0.39, 0.29) is 33.5 Å². The summed E-state index contributed by atoms with van der Waals surface area (Å²) in [6.45, 7) is 2.91. The van der Waals surface area contributed by atoms with Gasteiger partial charge in [0.05, 0.1) is 12.5 Å². The maximum Gasteiger partial charge on any atom is 0.309 e. The van der Waals surface area contributed by atoms with Crippen molar-refractivity contribution < 1.29 is 23.5 Å². The van der Waals surface area contributed by atoms with E-state index in [0.717, 1.165) is 11.3 Å². The maximum atomic E-state index is 13.2. The Kier molecular flexibility index (Phi) is 6.30. The molecular weight excluding hydrogens is 387 g/mol. The number of carbonyl (C=O) groups is 3. The first-order valence-electron chi connectivity index (χ1n) is 8.84. The number of piperidine rings is 1. The summed E-state index contributed by atoms with van der Waals surface area (Å²) in [5.41, 5.74) is 0.286. The smallest absolute Gasteiger partial charge is 0.309 e. The fourth-order valence-electron chi connectivity index (χ4n) is 2.87. The fourth-order valence-corrected chi connectivity index (χ4v) is 3.57. The molecule has 1 aliphatic rings. The van der Waals surface area contributed by atoms with Crippen LogP contribution in [-0.2, 0) is 9.53 Å². The zero-order valence-corrected chi connectivity index (χ0v) is 16.0. The van der Waals surface area contributed by atoms with Gasteiger partial charge in [0.15, 0.2) is 0 Å². The summed E-state index contributed by atoms with van der Waals surface area (Å²) < 4.78 is 18.2. The normalized spacial score (nSPS) is 14.6. The van der Waals surface area contributed by atoms with Gasteiger partial charge in [-0.2, -0.15) is 0 Å². The molecule has 1 aromatic carbocycles. The molecule has 10 heteroatoms. The van der Waals surface area contributed by atoms with Gasteiger partial charge in [0.1, 0.15) is 5.82 Å². The van der Waals surface area contributed by atoms with Gasteiger partial charge in [-0.25, -0.2) is 4.39 Å². The van der Waals surface area contributed by atoms with Gasteiger partial charge < -0.3 is 15.0 Å². The van der Waals surface area contributed by atoms with E-state index in [2.05, 4.69) is 15.5 Å². The average molecular weight is 406 g/mol. The Morgan fingerprint density at radius 1 is 1.25 bits per heavy atom. The number of benzene rings is 1. The number of nitrogens with zero attached hydrogens (tertiary/aromatic N) is 3. The quantitative estimate of drug-likeness (QED) is 0.765. The number of ether oxygens (including phenoxy) is 1. The topological polar surface area (TPSA) is 101 Å². The highest BCUT2D eigenvalue weighted by Gasteiger charge is 2.30. The third kappa shape index (κ3) is 4.69. The van der Waals surface area contributed by atoms with Gasteiger partial charge in [-0.15, -0.1) is 10.2 Å². The molecule has 2 amide bonds. The summed E-state index contributed by atoms with van der Waals surface area (Å²) >= 11 is 0.871. The molecule has 0 saturated carbocycles. The third-order valence-electron chi connectivity index (χ3n) is 4.29. The lowest BCUT2D eigenvalue weighted by atomic mass is 9.97. The van der Waals surface area contributed by atoms with E-state index in [1.807, 2.05) is 0 Å². The minimum atomic E-state index is -0.567. The molecule has 0 bridgehead atoms. The van der Waals surface area contributed by atoms with Gasteiger partial charge in [0.2, 0.25) is 10.0 Å². The van der Waals surface area contributed by atoms with Gasteiger partial charge in [-0.1, -0.05) is 17.4 Å². The first-order valence-corrected chi connectivity index (χ1v) is 9.66. The van der Waals surface area contributed by atoms with E-state index < -0.39 is 11.7 Å². The van der Waals surface area contributed by atoms with E-state index in [9.17, 15) is 18.8 Å². The van der Waals surface area contributed by atoms with E-state index in [4.69, 9.17) is 4.74 Å². The Labute approximate surface area is 164 Å². The molecule has 28 heavy (non-hydrogen) atoms. The Morgan fingerprint density at radius 2 is 1.96 bits per heavy atom. The van der Waals surface area contributed by atoms with Crippen LogP contribution >= 0.6 is 11.3 Å². The minimum absolute atomic E-state index is 0.00835. The van der Waals surface area contributed by atoms with Crippen molar-refractivity contribution in [2.75, 3.05) is 25.0 Å². The van der Waals surface area contributed by atoms with Crippen LogP contribution in [-0.4, -0.2) is 52.6 Å². The molecule has 0 spiro atoms. The van der Waals surface area contributed by atoms with Crippen LogP contribution < -0.4 is 5.32 Å². The molecule has 3 rings (SSSR count). The Bertz CT molecular complexity index is 880. The summed E-state index contributed by atoms with van der Waals surface area (Å²) in [6.07, 6.45) is 1.05. The summed E-state index contributed by atoms with van der Waals surface area (Å²) in [4.78, 5) is 38.2. The highest BCUT2D eigenvalue weighted by molar-refractivity contribution is 7.15. The second-order valence-corrected chi connectivity index (χ2v) is 7.17. The van der Waals surface area contributed by atoms with Gasteiger partial charge in [0.25, 0.3) is 11.8 Å². The molecule has 0 radical (unpaired) electrons. The lowest BCUT2D eigenvalue weighted by Gasteiger charge is -2.30. The fraction of sp³-hybridized carbons (Fsp3) is 0.389. The average Bonchev–Trinajstić information content (AvgIpc) is 3.18. The minimum Gasteiger partial charge on any atom is -0.466 e. The van der Waals surface area contributed by atoms with Gasteiger partial charge in [-0.05, 0) is 38.0 Å². The standard InChI is InChI=1S/C18H19FN4O4S/c1-2-27-18(26)11-6-8-23(9-7-11)17(25)16-22-21-15(28-16)14(24)20-13-5-3-4-12(19)10-13/h3-5,10-11H,2,6-9H2,1H3,(H,20,24). The van der Waals surface area contributed by atoms with Crippen molar-refractivity contribution in [1.82, 2.24) is 15.1 Å². The van der Waals surface area contributed by atoms with Crippen molar-refractivity contribution in [2.24, 2.45) is 5.92 Å². The van der Waals surface area contributed by atoms with E-state index >= 15 is 0 Å². The van der Waals surface area contributed by atoms with Crippen molar-refractivity contribution >= 4 is 34.8 Å². The van der Waals surface area contributed by atoms with Crippen molar-refractivity contribution in [3.05, 3.63) is 40.1 Å². The molecular formula is C18H19FN4O4S. The van der Waals surface area contributed by atoms with Crippen LogP contribution in [0.15, 0.2) is 24.3 Å². The van der Waals surface area contributed by atoms with Crippen LogP contribution in [0, 0.1) is 11.7 Å². The molecule has 2 heterocycles. The monoisotopic (exact) mass is 406 g/mol. The Hall–Kier alpha value is -2.88. The van der Waals surface area contributed by atoms with E-state index in [1.54, 1.807) is 17.9 Å². The van der Waals surface area contributed by atoms with Gasteiger partial charge >= 0.3 is 5.97 Å². The molecule has 0 unspecified atom stereocenters. The lowest BCUT2D eigenvalue weighted by molar-refractivity contribution is -0.149. The third-order valence-corrected chi connectivity index (χ3v) is 5.20. The second-order valence-electron chi connectivity index (χ2n) is 6.20. The number of anilines is 1. The predicted molar refractivity (Wildman–Crippen MR) is 99.5 cm³/mol. The molecule has 1 aliphatic heterocycles. The largest absolute Gasteiger partial charge is 0.466 e. The molecule has 1 saturated heterocycles. The van der Waals surface area contributed by atoms with E-state index in [1.165, 1.54) is 18.2 Å². The molecule has 2 aromatic rings. The van der Waals surface area contributed by atoms with Crippen molar-refractivity contribution in [3.63, 3.8) is 0 Å². The summed E-state index contributed by atoms with van der Waals surface area (Å²) in [7, 11) is 0. The molecule has 0 atom stereocenters. The van der Waals surface area contributed by atoms with Crippen LogP contribution in [0.25, 0.3) is 0 Å². The van der Waals surface area contributed by atoms with Crippen molar-refractivity contribution in [3.8, 4) is 0 Å². The number of carbonyl (C=O) groups excluding carboxylic acids is 3. The Balaban J connectivity index is 1.58. The highest BCUT2D eigenvalue weighted by Crippen LogP contribution is 2.22. The number of nitrogens with one attached hydrogen (secondary N) is 1. The van der Waals surface area contributed by atoms with Crippen LogP contribution in [0.2, 0.25) is 0 Å². The number of halogens is 1. The van der Waals surface area contributed by atoms with Crippen molar-refractivity contribution in [2.45, 2.75) is 19.8 Å². The van der Waals surface area contributed by atoms with Crippen LogP contribution in [0.1, 0.15) is 39.4 Å². The number of hydrogen-bond donors (Lipinski definition) is 1. The van der Waals surface area contributed by atoms with E-state index in [0.29, 0.717) is 32.5 Å². The molecule has 1 fully saturated rings. The first-order chi connectivity index (χ1) is 13.5. The molecule has 0 aliphatic carbocycles. The predicted octanol–water partition coefficient (Wildman–Crippen LogP) is 2.34. The SMILES string of the molecule is CCOC(=O)C1CCN(C(=O)c2nnc(C(=O)Nc3cccc(F)c3)s2)CC1. The number of likely N-dealkylation sites (tertiary alicyclic amines) is 1. The van der Waals surface area contributed by atoms with Gasteiger partial charge in [0, 0.05) is 18.8 Å². The number of rotatable bonds is 5. The maximum absolute atomic E-state index is 13.2. The molecule has 1 aromatic heterocycles.